The van der Waals surface area contributed by atoms with E-state index < -0.39 is 6.10 Å². The monoisotopic (exact) mass is 939 g/mol. The summed E-state index contributed by atoms with van der Waals surface area (Å²) in [5.74, 6) is -0.898. The Morgan fingerprint density at radius 2 is 0.537 bits per heavy atom. The SMILES string of the molecule is CCCCC/C=C\C/C=C\C/C=C\CCCCCCC(=O)O[C@H](COC(=O)CCCCCCC/C=C\CCCCCC)COC(=O)CCCCCCCCCCCCCCCCCCCCC. The maximum Gasteiger partial charge on any atom is 0.306 e. The first-order chi connectivity index (χ1) is 33.0. The topological polar surface area (TPSA) is 78.9 Å². The van der Waals surface area contributed by atoms with E-state index in [1.807, 2.05) is 0 Å². The van der Waals surface area contributed by atoms with E-state index in [4.69, 9.17) is 14.2 Å². The Balaban J connectivity index is 4.37. The molecule has 6 heteroatoms. The fraction of sp³-hybridized carbons (Fsp3) is 0.820. The molecule has 0 aliphatic heterocycles. The highest BCUT2D eigenvalue weighted by Crippen LogP contribution is 2.16. The molecule has 67 heavy (non-hydrogen) atoms. The van der Waals surface area contributed by atoms with Crippen molar-refractivity contribution in [3.05, 3.63) is 48.6 Å². The van der Waals surface area contributed by atoms with Gasteiger partial charge in [-0.15, -0.1) is 0 Å². The summed E-state index contributed by atoms with van der Waals surface area (Å²) >= 11 is 0. The van der Waals surface area contributed by atoms with E-state index in [1.165, 1.54) is 173 Å². The highest BCUT2D eigenvalue weighted by atomic mass is 16.6. The Morgan fingerprint density at radius 3 is 0.896 bits per heavy atom. The van der Waals surface area contributed by atoms with Crippen LogP contribution < -0.4 is 0 Å². The molecule has 1 atom stereocenters. The number of hydrogen-bond acceptors (Lipinski definition) is 6. The first-order valence-electron chi connectivity index (χ1n) is 29.1. The minimum atomic E-state index is -0.786. The molecule has 0 rings (SSSR count). The average molecular weight is 940 g/mol. The quantitative estimate of drug-likeness (QED) is 0.0262. The molecule has 0 aromatic rings. The molecule has 0 heterocycles. The molecule has 0 aromatic carbocycles. The summed E-state index contributed by atoms with van der Waals surface area (Å²) in [6.07, 6.45) is 68.1. The number of allylic oxidation sites excluding steroid dienone is 8. The molecule has 0 spiro atoms. The minimum absolute atomic E-state index is 0.0819. The van der Waals surface area contributed by atoms with Gasteiger partial charge in [-0.3, -0.25) is 14.4 Å². The lowest BCUT2D eigenvalue weighted by molar-refractivity contribution is -0.167. The third kappa shape index (κ3) is 54.2. The molecule has 0 aliphatic carbocycles. The highest BCUT2D eigenvalue weighted by Gasteiger charge is 2.19. The van der Waals surface area contributed by atoms with Gasteiger partial charge in [-0.25, -0.2) is 0 Å². The molecule has 0 saturated carbocycles. The first-order valence-corrected chi connectivity index (χ1v) is 29.1. The molecule has 390 valence electrons. The molecule has 0 amide bonds. The second-order valence-electron chi connectivity index (χ2n) is 19.6. The molecular formula is C61H110O6. The maximum absolute atomic E-state index is 12.8. The van der Waals surface area contributed by atoms with Gasteiger partial charge in [0.25, 0.3) is 0 Å². The average Bonchev–Trinajstić information content (AvgIpc) is 3.33. The standard InChI is InChI=1S/C61H110O6/c1-4-7-10-13-16-19-22-25-27-29-30-32-33-36-39-42-45-48-51-54-60(63)66-57-58(56-65-59(62)53-50-47-44-41-38-35-24-21-18-15-12-9-6-3)67-61(64)55-52-49-46-43-40-37-34-31-28-26-23-20-17-14-11-8-5-2/h17,20-21,24,26,28,34,37,58H,4-16,18-19,22-23,25,27,29-33,35-36,38-57H2,1-3H3/b20-17-,24-21-,28-26-,37-34-/t58-/m1/s1. The van der Waals surface area contributed by atoms with Crippen LogP contribution >= 0.6 is 0 Å². The van der Waals surface area contributed by atoms with E-state index in [0.29, 0.717) is 19.3 Å². The van der Waals surface area contributed by atoms with Gasteiger partial charge in [0.05, 0.1) is 0 Å². The summed E-state index contributed by atoms with van der Waals surface area (Å²) in [6, 6.07) is 0. The van der Waals surface area contributed by atoms with Gasteiger partial charge < -0.3 is 14.2 Å². The molecule has 0 unspecified atom stereocenters. The van der Waals surface area contributed by atoms with Gasteiger partial charge >= 0.3 is 17.9 Å². The van der Waals surface area contributed by atoms with Crippen LogP contribution in [0.4, 0.5) is 0 Å². The molecule has 0 fully saturated rings. The predicted octanol–water partition coefficient (Wildman–Crippen LogP) is 19.4. The van der Waals surface area contributed by atoms with Crippen LogP contribution in [0.2, 0.25) is 0 Å². The molecule has 0 bridgehead atoms. The number of unbranched alkanes of at least 4 members (excludes halogenated alkanes) is 34. The van der Waals surface area contributed by atoms with Gasteiger partial charge in [-0.05, 0) is 83.5 Å². The van der Waals surface area contributed by atoms with Gasteiger partial charge in [0, 0.05) is 19.3 Å². The summed E-state index contributed by atoms with van der Waals surface area (Å²) in [7, 11) is 0. The first kappa shape index (κ1) is 64.4. The zero-order valence-corrected chi connectivity index (χ0v) is 44.7. The van der Waals surface area contributed by atoms with Gasteiger partial charge in [0.1, 0.15) is 13.2 Å². The Morgan fingerprint density at radius 1 is 0.299 bits per heavy atom. The van der Waals surface area contributed by atoms with Crippen LogP contribution in [-0.4, -0.2) is 37.2 Å². The molecule has 0 saturated heterocycles. The lowest BCUT2D eigenvalue weighted by Crippen LogP contribution is -2.30. The van der Waals surface area contributed by atoms with Crippen molar-refractivity contribution >= 4 is 17.9 Å². The third-order valence-corrected chi connectivity index (χ3v) is 12.8. The van der Waals surface area contributed by atoms with Crippen LogP contribution in [0.3, 0.4) is 0 Å². The van der Waals surface area contributed by atoms with Crippen LogP contribution in [0.5, 0.6) is 0 Å². The Kier molecular flexibility index (Phi) is 53.8. The minimum Gasteiger partial charge on any atom is -0.462 e. The lowest BCUT2D eigenvalue weighted by atomic mass is 10.0. The van der Waals surface area contributed by atoms with Crippen LogP contribution in [0, 0.1) is 0 Å². The van der Waals surface area contributed by atoms with Crippen LogP contribution in [0.15, 0.2) is 48.6 Å². The van der Waals surface area contributed by atoms with Crippen molar-refractivity contribution in [2.75, 3.05) is 13.2 Å². The van der Waals surface area contributed by atoms with Crippen LogP contribution in [0.1, 0.15) is 303 Å². The fourth-order valence-corrected chi connectivity index (χ4v) is 8.39. The molecule has 0 aromatic heterocycles. The normalized spacial score (nSPS) is 12.3. The third-order valence-electron chi connectivity index (χ3n) is 12.8. The van der Waals surface area contributed by atoms with Crippen LogP contribution in [0.25, 0.3) is 0 Å². The van der Waals surface area contributed by atoms with E-state index in [2.05, 4.69) is 69.4 Å². The summed E-state index contributed by atoms with van der Waals surface area (Å²) < 4.78 is 16.9. The van der Waals surface area contributed by atoms with E-state index in [-0.39, 0.29) is 31.1 Å². The Bertz CT molecular complexity index is 1170. The lowest BCUT2D eigenvalue weighted by Gasteiger charge is -2.18. The summed E-state index contributed by atoms with van der Waals surface area (Å²) in [5.41, 5.74) is 0. The second kappa shape index (κ2) is 56.0. The second-order valence-corrected chi connectivity index (χ2v) is 19.6. The number of ether oxygens (including phenoxy) is 3. The van der Waals surface area contributed by atoms with Crippen molar-refractivity contribution in [3.63, 3.8) is 0 Å². The number of hydrogen-bond donors (Lipinski definition) is 0. The van der Waals surface area contributed by atoms with E-state index >= 15 is 0 Å². The molecule has 0 aliphatic rings. The number of rotatable bonds is 53. The zero-order valence-electron chi connectivity index (χ0n) is 44.7. The van der Waals surface area contributed by atoms with E-state index in [1.54, 1.807) is 0 Å². The number of carbonyl (C=O) groups is 3. The molecule has 0 radical (unpaired) electrons. The Hall–Kier alpha value is -2.63. The van der Waals surface area contributed by atoms with Crippen LogP contribution in [-0.2, 0) is 28.6 Å². The fourth-order valence-electron chi connectivity index (χ4n) is 8.39. The molecule has 6 nitrogen and oxygen atoms in total. The van der Waals surface area contributed by atoms with Gasteiger partial charge in [-0.2, -0.15) is 0 Å². The van der Waals surface area contributed by atoms with Crippen molar-refractivity contribution in [2.24, 2.45) is 0 Å². The smallest absolute Gasteiger partial charge is 0.306 e. The molecular weight excluding hydrogens is 829 g/mol. The van der Waals surface area contributed by atoms with Crippen molar-refractivity contribution < 1.29 is 28.6 Å². The van der Waals surface area contributed by atoms with Crippen molar-refractivity contribution in [2.45, 2.75) is 309 Å². The highest BCUT2D eigenvalue weighted by molar-refractivity contribution is 5.71. The summed E-state index contributed by atoms with van der Waals surface area (Å²) in [6.45, 7) is 6.61. The summed E-state index contributed by atoms with van der Waals surface area (Å²) in [5, 5.41) is 0. The van der Waals surface area contributed by atoms with Gasteiger partial charge in [0.2, 0.25) is 0 Å². The van der Waals surface area contributed by atoms with Gasteiger partial charge in [-0.1, -0.05) is 249 Å². The largest absolute Gasteiger partial charge is 0.462 e. The van der Waals surface area contributed by atoms with Crippen molar-refractivity contribution in [1.29, 1.82) is 0 Å². The van der Waals surface area contributed by atoms with E-state index in [9.17, 15) is 14.4 Å². The number of esters is 3. The maximum atomic E-state index is 12.8. The van der Waals surface area contributed by atoms with E-state index in [0.717, 1.165) is 89.9 Å². The predicted molar refractivity (Wildman–Crippen MR) is 289 cm³/mol. The zero-order chi connectivity index (χ0) is 48.6. The Labute approximate surface area is 416 Å². The molecule has 0 N–H and O–H groups in total. The number of carbonyl (C=O) groups excluding carboxylic acids is 3. The van der Waals surface area contributed by atoms with Crippen molar-refractivity contribution in [1.82, 2.24) is 0 Å². The van der Waals surface area contributed by atoms with Crippen molar-refractivity contribution in [3.8, 4) is 0 Å². The van der Waals surface area contributed by atoms with Gasteiger partial charge in [0.15, 0.2) is 6.10 Å². The summed E-state index contributed by atoms with van der Waals surface area (Å²) in [4.78, 5) is 38.1.